The number of aryl methyl sites for hydroxylation is 1. The molecule has 5 nitrogen and oxygen atoms in total. The first-order valence-corrected chi connectivity index (χ1v) is 6.33. The lowest BCUT2D eigenvalue weighted by Gasteiger charge is -2.13. The smallest absolute Gasteiger partial charge is 0.323 e. The van der Waals surface area contributed by atoms with Crippen LogP contribution in [-0.2, 0) is 11.3 Å². The van der Waals surface area contributed by atoms with Crippen molar-refractivity contribution in [1.82, 2.24) is 9.55 Å². The highest BCUT2D eigenvalue weighted by Gasteiger charge is 2.15. The minimum absolute atomic E-state index is 0.308. The lowest BCUT2D eigenvalue weighted by molar-refractivity contribution is -0.137. The molecule has 0 saturated carbocycles. The number of carboxylic acids is 1. The summed E-state index contributed by atoms with van der Waals surface area (Å²) < 4.78 is 1.15. The van der Waals surface area contributed by atoms with Crippen molar-refractivity contribution < 1.29 is 9.90 Å². The maximum absolute atomic E-state index is 12.2. The van der Waals surface area contributed by atoms with E-state index in [1.165, 1.54) is 0 Å². The molecule has 0 amide bonds. The van der Waals surface area contributed by atoms with Crippen molar-refractivity contribution in [3.05, 3.63) is 50.9 Å². The number of rotatable bonds is 3. The normalized spacial score (nSPS) is 10.6. The Hall–Kier alpha value is -2.14. The lowest BCUT2D eigenvalue weighted by Crippen LogP contribution is -2.29. The third kappa shape index (κ3) is 2.72. The summed E-state index contributed by atoms with van der Waals surface area (Å²) >= 11 is 5.93. The Balaban J connectivity index is 2.74. The van der Waals surface area contributed by atoms with Crippen LogP contribution in [0.4, 0.5) is 0 Å². The van der Waals surface area contributed by atoms with Crippen molar-refractivity contribution in [2.24, 2.45) is 0 Å². The van der Waals surface area contributed by atoms with E-state index >= 15 is 0 Å². The number of carbonyl (C=O) groups is 1. The van der Waals surface area contributed by atoms with Gasteiger partial charge in [-0.15, -0.1) is 0 Å². The van der Waals surface area contributed by atoms with E-state index in [4.69, 9.17) is 16.7 Å². The lowest BCUT2D eigenvalue weighted by atomic mass is 10.2. The predicted molar refractivity (Wildman–Crippen MR) is 76.1 cm³/mol. The number of aliphatic carboxylic acids is 1. The summed E-state index contributed by atoms with van der Waals surface area (Å²) in [5.41, 5.74) is 1.28. The van der Waals surface area contributed by atoms with Crippen LogP contribution in [0.5, 0.6) is 0 Å². The molecule has 0 fully saturated rings. The molecule has 0 unspecified atom stereocenters. The number of hydrogen-bond acceptors (Lipinski definition) is 3. The topological polar surface area (TPSA) is 72.2 Å². The van der Waals surface area contributed by atoms with Crippen molar-refractivity contribution in [3.63, 3.8) is 0 Å². The van der Waals surface area contributed by atoms with Crippen molar-refractivity contribution in [2.45, 2.75) is 20.4 Å². The van der Waals surface area contributed by atoms with Gasteiger partial charge in [0.1, 0.15) is 12.4 Å². The molecule has 20 heavy (non-hydrogen) atoms. The second-order valence-corrected chi connectivity index (χ2v) is 4.88. The summed E-state index contributed by atoms with van der Waals surface area (Å²) in [7, 11) is 0. The molecular formula is C14H13ClN2O3. The second-order valence-electron chi connectivity index (χ2n) is 4.44. The van der Waals surface area contributed by atoms with Crippen LogP contribution in [0.15, 0.2) is 29.1 Å². The maximum atomic E-state index is 12.2. The first-order chi connectivity index (χ1) is 9.40. The molecule has 0 aliphatic heterocycles. The largest absolute Gasteiger partial charge is 0.480 e. The summed E-state index contributed by atoms with van der Waals surface area (Å²) in [5, 5.41) is 9.46. The molecule has 1 N–H and O–H groups in total. The third-order valence-electron chi connectivity index (χ3n) is 3.01. The molecule has 0 aliphatic carbocycles. The Bertz CT molecular complexity index is 738. The van der Waals surface area contributed by atoms with Crippen LogP contribution < -0.4 is 5.56 Å². The van der Waals surface area contributed by atoms with E-state index in [2.05, 4.69) is 4.98 Å². The summed E-state index contributed by atoms with van der Waals surface area (Å²) in [4.78, 5) is 27.5. The van der Waals surface area contributed by atoms with Gasteiger partial charge in [-0.2, -0.15) is 0 Å². The Kier molecular flexibility index (Phi) is 3.90. The fraction of sp³-hybridized carbons (Fsp3) is 0.214. The standard InChI is InChI=1S/C14H13ClN2O3/c1-8-9(2)16-13(10-4-3-5-11(15)6-10)17(14(8)20)7-12(18)19/h3-6H,7H2,1-2H3,(H,18,19). The van der Waals surface area contributed by atoms with Gasteiger partial charge in [-0.05, 0) is 26.0 Å². The number of halogens is 1. The average Bonchev–Trinajstić information content (AvgIpc) is 2.39. The van der Waals surface area contributed by atoms with Crippen molar-refractivity contribution >= 4 is 17.6 Å². The van der Waals surface area contributed by atoms with Gasteiger partial charge in [0.05, 0.1) is 0 Å². The predicted octanol–water partition coefficient (Wildman–Crippen LogP) is 2.27. The monoisotopic (exact) mass is 292 g/mol. The molecule has 104 valence electrons. The molecule has 2 aromatic rings. The van der Waals surface area contributed by atoms with Crippen LogP contribution in [0.2, 0.25) is 5.02 Å². The summed E-state index contributed by atoms with van der Waals surface area (Å²) in [6.07, 6.45) is 0. The van der Waals surface area contributed by atoms with E-state index < -0.39 is 12.5 Å². The van der Waals surface area contributed by atoms with Crippen LogP contribution >= 0.6 is 11.6 Å². The van der Waals surface area contributed by atoms with Gasteiger partial charge < -0.3 is 5.11 Å². The van der Waals surface area contributed by atoms with Crippen LogP contribution in [0.25, 0.3) is 11.4 Å². The molecule has 0 bridgehead atoms. The van der Waals surface area contributed by atoms with Gasteiger partial charge in [0, 0.05) is 21.8 Å². The van der Waals surface area contributed by atoms with Crippen LogP contribution in [0, 0.1) is 13.8 Å². The molecule has 0 radical (unpaired) electrons. The number of carboxylic acid groups (broad SMARTS) is 1. The molecular weight excluding hydrogens is 280 g/mol. The molecule has 1 aromatic heterocycles. The molecule has 6 heteroatoms. The number of hydrogen-bond donors (Lipinski definition) is 1. The van der Waals surface area contributed by atoms with E-state index in [1.807, 2.05) is 0 Å². The zero-order chi connectivity index (χ0) is 14.9. The Morgan fingerprint density at radius 2 is 2.10 bits per heavy atom. The zero-order valence-corrected chi connectivity index (χ0v) is 11.8. The van der Waals surface area contributed by atoms with Crippen LogP contribution in [0.1, 0.15) is 11.3 Å². The Morgan fingerprint density at radius 1 is 1.40 bits per heavy atom. The van der Waals surface area contributed by atoms with Gasteiger partial charge in [0.25, 0.3) is 5.56 Å². The third-order valence-corrected chi connectivity index (χ3v) is 3.25. The minimum Gasteiger partial charge on any atom is -0.480 e. The maximum Gasteiger partial charge on any atom is 0.323 e. The van der Waals surface area contributed by atoms with Crippen molar-refractivity contribution in [1.29, 1.82) is 0 Å². The van der Waals surface area contributed by atoms with E-state index in [1.54, 1.807) is 38.1 Å². The van der Waals surface area contributed by atoms with Crippen LogP contribution in [0.3, 0.4) is 0 Å². The van der Waals surface area contributed by atoms with Gasteiger partial charge in [-0.3, -0.25) is 14.2 Å². The highest BCUT2D eigenvalue weighted by atomic mass is 35.5. The molecule has 1 aromatic carbocycles. The second kappa shape index (κ2) is 5.46. The van der Waals surface area contributed by atoms with E-state index in [0.717, 1.165) is 4.57 Å². The molecule has 0 spiro atoms. The van der Waals surface area contributed by atoms with Crippen LogP contribution in [-0.4, -0.2) is 20.6 Å². The van der Waals surface area contributed by atoms with Crippen molar-refractivity contribution in [2.75, 3.05) is 0 Å². The molecule has 0 aliphatic rings. The zero-order valence-electron chi connectivity index (χ0n) is 11.1. The molecule has 1 heterocycles. The Morgan fingerprint density at radius 3 is 2.70 bits per heavy atom. The average molecular weight is 293 g/mol. The highest BCUT2D eigenvalue weighted by molar-refractivity contribution is 6.30. The number of aromatic nitrogens is 2. The highest BCUT2D eigenvalue weighted by Crippen LogP contribution is 2.21. The van der Waals surface area contributed by atoms with Gasteiger partial charge in [-0.25, -0.2) is 4.98 Å². The van der Waals surface area contributed by atoms with E-state index in [-0.39, 0.29) is 5.56 Å². The molecule has 0 saturated heterocycles. The minimum atomic E-state index is -1.10. The van der Waals surface area contributed by atoms with Gasteiger partial charge >= 0.3 is 5.97 Å². The summed E-state index contributed by atoms with van der Waals surface area (Å²) in [5.74, 6) is -0.788. The number of benzene rings is 1. The summed E-state index contributed by atoms with van der Waals surface area (Å²) in [6, 6.07) is 6.81. The SMILES string of the molecule is Cc1nc(-c2cccc(Cl)c2)n(CC(=O)O)c(=O)c1C. The van der Waals surface area contributed by atoms with Gasteiger partial charge in [0.2, 0.25) is 0 Å². The Labute approximate surface area is 120 Å². The first-order valence-electron chi connectivity index (χ1n) is 5.96. The summed E-state index contributed by atoms with van der Waals surface area (Å²) in [6.45, 7) is 2.91. The quantitative estimate of drug-likeness (QED) is 0.942. The van der Waals surface area contributed by atoms with E-state index in [0.29, 0.717) is 27.7 Å². The fourth-order valence-electron chi connectivity index (χ4n) is 1.89. The van der Waals surface area contributed by atoms with Gasteiger partial charge in [0.15, 0.2) is 0 Å². The number of nitrogens with zero attached hydrogens (tertiary/aromatic N) is 2. The molecule has 2 rings (SSSR count). The molecule has 0 atom stereocenters. The fourth-order valence-corrected chi connectivity index (χ4v) is 2.08. The van der Waals surface area contributed by atoms with Gasteiger partial charge in [-0.1, -0.05) is 23.7 Å². The van der Waals surface area contributed by atoms with E-state index in [9.17, 15) is 9.59 Å². The van der Waals surface area contributed by atoms with Crippen molar-refractivity contribution in [3.8, 4) is 11.4 Å². The first kappa shape index (κ1) is 14.3.